The van der Waals surface area contributed by atoms with E-state index in [2.05, 4.69) is 15.3 Å². The molecule has 0 fully saturated rings. The molecule has 1 amide bonds. The number of aromatic amines is 1. The molecular weight excluding hydrogens is 324 g/mol. The van der Waals surface area contributed by atoms with Crippen molar-refractivity contribution in [2.24, 2.45) is 0 Å². The molecular formula is C18H19ClN4O. The lowest BCUT2D eigenvalue weighted by Gasteiger charge is -2.05. The van der Waals surface area contributed by atoms with Crippen LogP contribution in [-0.4, -0.2) is 27.0 Å². The number of aromatic nitrogens is 3. The van der Waals surface area contributed by atoms with Gasteiger partial charge in [-0.05, 0) is 36.2 Å². The first-order valence-electron chi connectivity index (χ1n) is 7.87. The van der Waals surface area contributed by atoms with E-state index in [1.54, 1.807) is 12.5 Å². The van der Waals surface area contributed by atoms with Gasteiger partial charge in [-0.2, -0.15) is 0 Å². The van der Waals surface area contributed by atoms with E-state index in [1.807, 2.05) is 47.2 Å². The van der Waals surface area contributed by atoms with Gasteiger partial charge in [-0.15, -0.1) is 0 Å². The number of carbonyl (C=O) groups excluding carboxylic acids is 1. The Hall–Kier alpha value is -2.53. The number of amides is 1. The summed E-state index contributed by atoms with van der Waals surface area (Å²) in [6.45, 7) is 1.34. The predicted octanol–water partition coefficient (Wildman–Crippen LogP) is 3.28. The van der Waals surface area contributed by atoms with Crippen LogP contribution in [0.4, 0.5) is 0 Å². The Morgan fingerprint density at radius 1 is 1.21 bits per heavy atom. The van der Waals surface area contributed by atoms with Crippen molar-refractivity contribution >= 4 is 17.5 Å². The number of H-pyrrole nitrogens is 1. The number of nitrogens with zero attached hydrogens (tertiary/aromatic N) is 2. The van der Waals surface area contributed by atoms with E-state index in [4.69, 9.17) is 11.6 Å². The van der Waals surface area contributed by atoms with E-state index in [0.29, 0.717) is 19.4 Å². The first-order valence-corrected chi connectivity index (χ1v) is 8.25. The SMILES string of the molecule is O=C(CCc1ccc(-c2ccc(Cl)cc2)[nH]1)NCCn1ccnc1. The lowest BCUT2D eigenvalue weighted by molar-refractivity contribution is -0.121. The van der Waals surface area contributed by atoms with Crippen molar-refractivity contribution in [3.8, 4) is 11.3 Å². The van der Waals surface area contributed by atoms with E-state index < -0.39 is 0 Å². The van der Waals surface area contributed by atoms with Gasteiger partial charge in [0.1, 0.15) is 0 Å². The number of imidazole rings is 1. The summed E-state index contributed by atoms with van der Waals surface area (Å²) in [5.41, 5.74) is 3.15. The molecule has 1 aromatic carbocycles. The fourth-order valence-corrected chi connectivity index (χ4v) is 2.59. The van der Waals surface area contributed by atoms with Crippen LogP contribution in [-0.2, 0) is 17.8 Å². The van der Waals surface area contributed by atoms with Gasteiger partial charge in [-0.25, -0.2) is 4.98 Å². The minimum Gasteiger partial charge on any atom is -0.358 e. The maximum Gasteiger partial charge on any atom is 0.220 e. The van der Waals surface area contributed by atoms with Gasteiger partial charge in [0.05, 0.1) is 6.33 Å². The fourth-order valence-electron chi connectivity index (χ4n) is 2.46. The monoisotopic (exact) mass is 342 g/mol. The van der Waals surface area contributed by atoms with E-state index >= 15 is 0 Å². The number of nitrogens with one attached hydrogen (secondary N) is 2. The molecule has 6 heteroatoms. The number of benzene rings is 1. The van der Waals surface area contributed by atoms with E-state index in [0.717, 1.165) is 28.5 Å². The molecule has 3 rings (SSSR count). The summed E-state index contributed by atoms with van der Waals surface area (Å²) >= 11 is 5.90. The van der Waals surface area contributed by atoms with Crippen LogP contribution in [0, 0.1) is 0 Å². The maximum absolute atomic E-state index is 11.9. The highest BCUT2D eigenvalue weighted by Gasteiger charge is 2.05. The molecule has 0 spiro atoms. The molecule has 0 atom stereocenters. The number of halogens is 1. The molecule has 0 unspecified atom stereocenters. The number of hydrogen-bond donors (Lipinski definition) is 2. The number of rotatable bonds is 7. The fraction of sp³-hybridized carbons (Fsp3) is 0.222. The Labute approximate surface area is 145 Å². The Morgan fingerprint density at radius 2 is 2.04 bits per heavy atom. The molecule has 0 aliphatic carbocycles. The maximum atomic E-state index is 11.9. The van der Waals surface area contributed by atoms with E-state index in [9.17, 15) is 4.79 Å². The van der Waals surface area contributed by atoms with Crippen molar-refractivity contribution < 1.29 is 4.79 Å². The van der Waals surface area contributed by atoms with Gasteiger partial charge in [0.25, 0.3) is 0 Å². The minimum absolute atomic E-state index is 0.0535. The Balaban J connectivity index is 1.44. The number of aryl methyl sites for hydroxylation is 1. The molecule has 5 nitrogen and oxygen atoms in total. The van der Waals surface area contributed by atoms with Gasteiger partial charge in [0, 0.05) is 48.3 Å². The Bertz CT molecular complexity index is 778. The summed E-state index contributed by atoms with van der Waals surface area (Å²) in [7, 11) is 0. The third kappa shape index (κ3) is 4.49. The first-order chi connectivity index (χ1) is 11.7. The summed E-state index contributed by atoms with van der Waals surface area (Å²) in [6.07, 6.45) is 6.49. The largest absolute Gasteiger partial charge is 0.358 e. The normalized spacial score (nSPS) is 10.7. The second-order valence-electron chi connectivity index (χ2n) is 5.55. The van der Waals surface area contributed by atoms with Crippen LogP contribution in [0.15, 0.2) is 55.1 Å². The number of carbonyl (C=O) groups is 1. The molecule has 0 saturated heterocycles. The second-order valence-corrected chi connectivity index (χ2v) is 5.99. The van der Waals surface area contributed by atoms with Crippen molar-refractivity contribution in [2.75, 3.05) is 6.54 Å². The first kappa shape index (κ1) is 16.3. The van der Waals surface area contributed by atoms with Crippen molar-refractivity contribution in [1.29, 1.82) is 0 Å². The highest BCUT2D eigenvalue weighted by Crippen LogP contribution is 2.21. The lowest BCUT2D eigenvalue weighted by atomic mass is 10.2. The van der Waals surface area contributed by atoms with Crippen LogP contribution < -0.4 is 5.32 Å². The average molecular weight is 343 g/mol. The minimum atomic E-state index is 0.0535. The van der Waals surface area contributed by atoms with Gasteiger partial charge in [-0.3, -0.25) is 4.79 Å². The van der Waals surface area contributed by atoms with Crippen molar-refractivity contribution in [3.63, 3.8) is 0 Å². The van der Waals surface area contributed by atoms with Crippen molar-refractivity contribution in [2.45, 2.75) is 19.4 Å². The highest BCUT2D eigenvalue weighted by atomic mass is 35.5. The molecule has 0 bridgehead atoms. The van der Waals surface area contributed by atoms with Gasteiger partial charge in [0.2, 0.25) is 5.91 Å². The van der Waals surface area contributed by atoms with Crippen LogP contribution in [0.3, 0.4) is 0 Å². The summed E-state index contributed by atoms with van der Waals surface area (Å²) in [6, 6.07) is 11.7. The lowest BCUT2D eigenvalue weighted by Crippen LogP contribution is -2.27. The van der Waals surface area contributed by atoms with Crippen LogP contribution >= 0.6 is 11.6 Å². The zero-order valence-electron chi connectivity index (χ0n) is 13.2. The van der Waals surface area contributed by atoms with E-state index in [-0.39, 0.29) is 5.91 Å². The zero-order valence-corrected chi connectivity index (χ0v) is 14.0. The van der Waals surface area contributed by atoms with Gasteiger partial charge in [0.15, 0.2) is 0 Å². The molecule has 0 aliphatic rings. The third-order valence-electron chi connectivity index (χ3n) is 3.77. The topological polar surface area (TPSA) is 62.7 Å². The summed E-state index contributed by atoms with van der Waals surface area (Å²) in [5, 5.41) is 3.64. The average Bonchev–Trinajstić information content (AvgIpc) is 3.25. The molecule has 24 heavy (non-hydrogen) atoms. The van der Waals surface area contributed by atoms with Gasteiger partial charge >= 0.3 is 0 Å². The van der Waals surface area contributed by atoms with Crippen molar-refractivity contribution in [1.82, 2.24) is 19.9 Å². The molecule has 0 saturated carbocycles. The zero-order chi connectivity index (χ0) is 16.8. The Kier molecular flexibility index (Phi) is 5.33. The standard InChI is InChI=1S/C18H19ClN4O/c19-15-3-1-14(2-4-15)17-7-5-16(22-17)6-8-18(24)21-10-12-23-11-9-20-13-23/h1-5,7,9,11,13,22H,6,8,10,12H2,(H,21,24). The molecule has 3 aromatic rings. The van der Waals surface area contributed by atoms with Gasteiger partial charge < -0.3 is 14.9 Å². The molecule has 0 aliphatic heterocycles. The predicted molar refractivity (Wildman–Crippen MR) is 94.8 cm³/mol. The third-order valence-corrected chi connectivity index (χ3v) is 4.03. The Morgan fingerprint density at radius 3 is 2.79 bits per heavy atom. The highest BCUT2D eigenvalue weighted by molar-refractivity contribution is 6.30. The smallest absolute Gasteiger partial charge is 0.220 e. The molecule has 0 radical (unpaired) electrons. The summed E-state index contributed by atoms with van der Waals surface area (Å²) in [4.78, 5) is 19.2. The molecule has 2 aromatic heterocycles. The number of hydrogen-bond acceptors (Lipinski definition) is 2. The van der Waals surface area contributed by atoms with Crippen LogP contribution in [0.5, 0.6) is 0 Å². The molecule has 2 N–H and O–H groups in total. The van der Waals surface area contributed by atoms with Gasteiger partial charge in [-0.1, -0.05) is 23.7 Å². The van der Waals surface area contributed by atoms with Crippen LogP contribution in [0.25, 0.3) is 11.3 Å². The molecule has 2 heterocycles. The van der Waals surface area contributed by atoms with Crippen molar-refractivity contribution in [3.05, 3.63) is 65.8 Å². The molecule has 124 valence electrons. The van der Waals surface area contributed by atoms with E-state index in [1.165, 1.54) is 0 Å². The van der Waals surface area contributed by atoms with Crippen LogP contribution in [0.1, 0.15) is 12.1 Å². The second kappa shape index (κ2) is 7.84. The summed E-state index contributed by atoms with van der Waals surface area (Å²) < 4.78 is 1.93. The quantitative estimate of drug-likeness (QED) is 0.692. The summed E-state index contributed by atoms with van der Waals surface area (Å²) in [5.74, 6) is 0.0535. The van der Waals surface area contributed by atoms with Crippen LogP contribution in [0.2, 0.25) is 5.02 Å².